The third kappa shape index (κ3) is 3.57. The standard InChI is InChI=1S/C17H18N6O/c1-3-18-17(24)23-14-9-8-13-16(21-14)22-15(10-19-13)20-12-7-5-4-6-11(12)2/h4-10H,3H2,1-2H3,(H3,18,20,21,22,23,24). The Balaban J connectivity index is 1.86. The Kier molecular flexibility index (Phi) is 4.51. The van der Waals surface area contributed by atoms with E-state index in [0.29, 0.717) is 29.3 Å². The molecule has 0 aliphatic rings. The lowest BCUT2D eigenvalue weighted by atomic mass is 10.2. The quantitative estimate of drug-likeness (QED) is 0.686. The van der Waals surface area contributed by atoms with E-state index in [4.69, 9.17) is 0 Å². The second kappa shape index (κ2) is 6.91. The van der Waals surface area contributed by atoms with Crippen LogP contribution in [0.1, 0.15) is 12.5 Å². The summed E-state index contributed by atoms with van der Waals surface area (Å²) < 4.78 is 0. The molecule has 0 atom stereocenters. The van der Waals surface area contributed by atoms with Crippen LogP contribution in [-0.4, -0.2) is 27.5 Å². The van der Waals surface area contributed by atoms with Crippen LogP contribution in [0.3, 0.4) is 0 Å². The molecular weight excluding hydrogens is 304 g/mol. The highest BCUT2D eigenvalue weighted by Crippen LogP contribution is 2.20. The molecule has 2 amide bonds. The summed E-state index contributed by atoms with van der Waals surface area (Å²) >= 11 is 0. The maximum absolute atomic E-state index is 11.6. The lowest BCUT2D eigenvalue weighted by molar-refractivity contribution is 0.252. The topological polar surface area (TPSA) is 91.8 Å². The normalized spacial score (nSPS) is 10.4. The van der Waals surface area contributed by atoms with Crippen molar-refractivity contribution >= 4 is 34.5 Å². The summed E-state index contributed by atoms with van der Waals surface area (Å²) in [5.74, 6) is 1.02. The number of fused-ring (bicyclic) bond motifs is 1. The van der Waals surface area contributed by atoms with E-state index in [1.165, 1.54) is 0 Å². The van der Waals surface area contributed by atoms with Gasteiger partial charge in [0, 0.05) is 12.2 Å². The maximum Gasteiger partial charge on any atom is 0.320 e. The van der Waals surface area contributed by atoms with Crippen molar-refractivity contribution in [2.24, 2.45) is 0 Å². The van der Waals surface area contributed by atoms with E-state index in [1.54, 1.807) is 18.3 Å². The monoisotopic (exact) mass is 322 g/mol. The molecule has 2 heterocycles. The summed E-state index contributed by atoms with van der Waals surface area (Å²) in [4.78, 5) is 24.7. The van der Waals surface area contributed by atoms with Crippen molar-refractivity contribution in [1.82, 2.24) is 20.3 Å². The molecule has 0 radical (unpaired) electrons. The molecule has 3 aromatic rings. The van der Waals surface area contributed by atoms with Crippen LogP contribution in [0.5, 0.6) is 0 Å². The lowest BCUT2D eigenvalue weighted by Gasteiger charge is -2.09. The predicted octanol–water partition coefficient (Wildman–Crippen LogP) is 3.22. The van der Waals surface area contributed by atoms with Gasteiger partial charge in [-0.3, -0.25) is 5.32 Å². The number of nitrogens with one attached hydrogen (secondary N) is 3. The van der Waals surface area contributed by atoms with Crippen molar-refractivity contribution in [2.45, 2.75) is 13.8 Å². The number of nitrogens with zero attached hydrogens (tertiary/aromatic N) is 3. The van der Waals surface area contributed by atoms with Gasteiger partial charge >= 0.3 is 6.03 Å². The van der Waals surface area contributed by atoms with Gasteiger partial charge in [0.1, 0.15) is 11.3 Å². The third-order valence-electron chi connectivity index (χ3n) is 3.39. The average Bonchev–Trinajstić information content (AvgIpc) is 2.57. The van der Waals surface area contributed by atoms with Gasteiger partial charge in [0.25, 0.3) is 0 Å². The van der Waals surface area contributed by atoms with Gasteiger partial charge in [0.2, 0.25) is 0 Å². The average molecular weight is 322 g/mol. The van der Waals surface area contributed by atoms with E-state index in [0.717, 1.165) is 11.3 Å². The molecule has 3 rings (SSSR count). The number of hydrogen-bond donors (Lipinski definition) is 3. The molecule has 0 aliphatic carbocycles. The Labute approximate surface area is 139 Å². The third-order valence-corrected chi connectivity index (χ3v) is 3.39. The fourth-order valence-corrected chi connectivity index (χ4v) is 2.20. The maximum atomic E-state index is 11.6. The molecule has 0 saturated carbocycles. The molecule has 0 aliphatic heterocycles. The van der Waals surface area contributed by atoms with Crippen LogP contribution in [0.2, 0.25) is 0 Å². The van der Waals surface area contributed by atoms with E-state index in [9.17, 15) is 4.79 Å². The molecule has 7 nitrogen and oxygen atoms in total. The number of urea groups is 1. The highest BCUT2D eigenvalue weighted by molar-refractivity contribution is 5.89. The minimum Gasteiger partial charge on any atom is -0.339 e. The lowest BCUT2D eigenvalue weighted by Crippen LogP contribution is -2.28. The summed E-state index contributed by atoms with van der Waals surface area (Å²) in [6.07, 6.45) is 1.66. The molecule has 0 saturated heterocycles. The number of rotatable bonds is 4. The van der Waals surface area contributed by atoms with Crippen molar-refractivity contribution < 1.29 is 4.79 Å². The Bertz CT molecular complexity index is 880. The van der Waals surface area contributed by atoms with Gasteiger partial charge in [0.15, 0.2) is 11.5 Å². The molecule has 24 heavy (non-hydrogen) atoms. The second-order valence-electron chi connectivity index (χ2n) is 5.22. The van der Waals surface area contributed by atoms with Gasteiger partial charge in [0.05, 0.1) is 6.20 Å². The number of amides is 2. The van der Waals surface area contributed by atoms with E-state index in [1.807, 2.05) is 38.1 Å². The van der Waals surface area contributed by atoms with Crippen LogP contribution < -0.4 is 16.0 Å². The van der Waals surface area contributed by atoms with Crippen molar-refractivity contribution in [3.63, 3.8) is 0 Å². The van der Waals surface area contributed by atoms with Gasteiger partial charge in [-0.05, 0) is 37.6 Å². The first-order chi connectivity index (χ1) is 11.7. The van der Waals surface area contributed by atoms with Gasteiger partial charge in [-0.1, -0.05) is 18.2 Å². The number of para-hydroxylation sites is 1. The Hall–Kier alpha value is -3.22. The molecule has 7 heteroatoms. The Morgan fingerprint density at radius 1 is 1.08 bits per heavy atom. The van der Waals surface area contributed by atoms with Gasteiger partial charge < -0.3 is 10.6 Å². The number of hydrogen-bond acceptors (Lipinski definition) is 5. The Morgan fingerprint density at radius 2 is 1.88 bits per heavy atom. The number of benzene rings is 1. The van der Waals surface area contributed by atoms with E-state index in [-0.39, 0.29) is 6.03 Å². The first-order valence-electron chi connectivity index (χ1n) is 7.67. The zero-order valence-electron chi connectivity index (χ0n) is 13.5. The molecule has 0 fully saturated rings. The molecule has 0 unspecified atom stereocenters. The molecule has 0 spiro atoms. The zero-order chi connectivity index (χ0) is 16.9. The van der Waals surface area contributed by atoms with Crippen molar-refractivity contribution in [3.05, 3.63) is 48.2 Å². The number of anilines is 3. The number of aryl methyl sites for hydroxylation is 1. The Morgan fingerprint density at radius 3 is 2.67 bits per heavy atom. The van der Waals surface area contributed by atoms with Gasteiger partial charge in [-0.2, -0.15) is 0 Å². The number of pyridine rings is 1. The van der Waals surface area contributed by atoms with Crippen LogP contribution in [0.15, 0.2) is 42.6 Å². The number of carbonyl (C=O) groups excluding carboxylic acids is 1. The fraction of sp³-hybridized carbons (Fsp3) is 0.176. The number of aromatic nitrogens is 3. The molecule has 0 bridgehead atoms. The summed E-state index contributed by atoms with van der Waals surface area (Å²) in [6, 6.07) is 11.1. The molecule has 2 aromatic heterocycles. The summed E-state index contributed by atoms with van der Waals surface area (Å²) in [7, 11) is 0. The van der Waals surface area contributed by atoms with Gasteiger partial charge in [-0.15, -0.1) is 0 Å². The summed E-state index contributed by atoms with van der Waals surface area (Å²) in [5.41, 5.74) is 3.19. The zero-order valence-corrected chi connectivity index (χ0v) is 13.5. The van der Waals surface area contributed by atoms with Crippen molar-refractivity contribution in [1.29, 1.82) is 0 Å². The smallest absolute Gasteiger partial charge is 0.320 e. The first kappa shape index (κ1) is 15.7. The number of carbonyl (C=O) groups is 1. The largest absolute Gasteiger partial charge is 0.339 e. The van der Waals surface area contributed by atoms with Crippen LogP contribution in [0.4, 0.5) is 22.1 Å². The molecule has 122 valence electrons. The highest BCUT2D eigenvalue weighted by atomic mass is 16.2. The van der Waals surface area contributed by atoms with E-state index < -0.39 is 0 Å². The fourth-order valence-electron chi connectivity index (χ4n) is 2.20. The molecular formula is C17H18N6O. The highest BCUT2D eigenvalue weighted by Gasteiger charge is 2.06. The van der Waals surface area contributed by atoms with Crippen molar-refractivity contribution in [2.75, 3.05) is 17.2 Å². The van der Waals surface area contributed by atoms with Crippen LogP contribution in [0.25, 0.3) is 11.2 Å². The van der Waals surface area contributed by atoms with Crippen molar-refractivity contribution in [3.8, 4) is 0 Å². The minimum absolute atomic E-state index is 0.300. The van der Waals surface area contributed by atoms with Crippen LogP contribution >= 0.6 is 0 Å². The first-order valence-corrected chi connectivity index (χ1v) is 7.67. The minimum atomic E-state index is -0.300. The van der Waals surface area contributed by atoms with Crippen LogP contribution in [-0.2, 0) is 0 Å². The second-order valence-corrected chi connectivity index (χ2v) is 5.22. The summed E-state index contributed by atoms with van der Waals surface area (Å²) in [6.45, 7) is 4.41. The predicted molar refractivity (Wildman–Crippen MR) is 94.5 cm³/mol. The molecule has 1 aromatic carbocycles. The SMILES string of the molecule is CCNC(=O)Nc1ccc2ncc(Nc3ccccc3C)nc2n1. The van der Waals surface area contributed by atoms with E-state index >= 15 is 0 Å². The molecule has 3 N–H and O–H groups in total. The van der Waals surface area contributed by atoms with E-state index in [2.05, 4.69) is 30.9 Å². The van der Waals surface area contributed by atoms with Gasteiger partial charge in [-0.25, -0.2) is 19.7 Å². The summed E-state index contributed by atoms with van der Waals surface area (Å²) in [5, 5.41) is 8.55. The van der Waals surface area contributed by atoms with Crippen LogP contribution in [0, 0.1) is 6.92 Å².